The lowest BCUT2D eigenvalue weighted by molar-refractivity contribution is -0.115. The Bertz CT molecular complexity index is 863. The van der Waals surface area contributed by atoms with E-state index >= 15 is 0 Å². The van der Waals surface area contributed by atoms with Gasteiger partial charge in [-0.25, -0.2) is 4.98 Å². The van der Waals surface area contributed by atoms with Crippen LogP contribution in [0.4, 0.5) is 5.13 Å². The van der Waals surface area contributed by atoms with Gasteiger partial charge in [-0.2, -0.15) is 5.10 Å². The predicted octanol–water partition coefficient (Wildman–Crippen LogP) is 3.14. The van der Waals surface area contributed by atoms with Crippen molar-refractivity contribution in [1.82, 2.24) is 14.8 Å². The van der Waals surface area contributed by atoms with Crippen molar-refractivity contribution >= 4 is 32.6 Å². The number of anilines is 1. The van der Waals surface area contributed by atoms with Gasteiger partial charge in [0.1, 0.15) is 0 Å². The topological polar surface area (TPSA) is 59.8 Å². The van der Waals surface area contributed by atoms with E-state index in [1.54, 1.807) is 4.68 Å². The van der Waals surface area contributed by atoms with Crippen LogP contribution in [0.3, 0.4) is 0 Å². The highest BCUT2D eigenvalue weighted by atomic mass is 32.1. The van der Waals surface area contributed by atoms with Crippen molar-refractivity contribution in [3.05, 3.63) is 40.7 Å². The Morgan fingerprint density at radius 3 is 2.77 bits per heavy atom. The lowest BCUT2D eigenvalue weighted by atomic mass is 10.1. The molecule has 0 saturated carbocycles. The fourth-order valence-electron chi connectivity index (χ4n) is 2.48. The van der Waals surface area contributed by atoms with Gasteiger partial charge in [-0.3, -0.25) is 9.48 Å². The zero-order valence-corrected chi connectivity index (χ0v) is 13.9. The number of fused-ring (bicyclic) bond motifs is 1. The Kier molecular flexibility index (Phi) is 3.70. The molecular formula is C16H18N4OS. The predicted molar refractivity (Wildman–Crippen MR) is 89.4 cm³/mol. The van der Waals surface area contributed by atoms with Crippen LogP contribution in [0.15, 0.2) is 18.2 Å². The maximum Gasteiger partial charge on any atom is 0.230 e. The molecule has 22 heavy (non-hydrogen) atoms. The summed E-state index contributed by atoms with van der Waals surface area (Å²) in [6.45, 7) is 5.95. The van der Waals surface area contributed by atoms with Crippen LogP contribution in [0.1, 0.15) is 22.5 Å². The molecule has 0 bridgehead atoms. The number of rotatable bonds is 3. The number of nitrogens with zero attached hydrogens (tertiary/aromatic N) is 3. The lowest BCUT2D eigenvalue weighted by Crippen LogP contribution is -2.15. The highest BCUT2D eigenvalue weighted by Gasteiger charge is 2.15. The van der Waals surface area contributed by atoms with E-state index in [2.05, 4.69) is 21.5 Å². The first-order valence-electron chi connectivity index (χ1n) is 7.10. The van der Waals surface area contributed by atoms with Gasteiger partial charge in [0.2, 0.25) is 5.91 Å². The molecule has 0 aliphatic rings. The van der Waals surface area contributed by atoms with E-state index in [0.717, 1.165) is 27.2 Å². The third-order valence-electron chi connectivity index (χ3n) is 3.79. The van der Waals surface area contributed by atoms with Crippen LogP contribution in [0.25, 0.3) is 10.2 Å². The molecule has 0 unspecified atom stereocenters. The molecule has 1 aromatic carbocycles. The summed E-state index contributed by atoms with van der Waals surface area (Å²) < 4.78 is 2.89. The number of aromatic nitrogens is 3. The SMILES string of the molecule is Cc1ccc2nc(NC(=O)Cc3c(C)nn(C)c3C)sc2c1. The van der Waals surface area contributed by atoms with Crippen molar-refractivity contribution in [3.63, 3.8) is 0 Å². The van der Waals surface area contributed by atoms with E-state index < -0.39 is 0 Å². The summed E-state index contributed by atoms with van der Waals surface area (Å²) in [5, 5.41) is 7.88. The molecule has 6 heteroatoms. The molecule has 1 amide bonds. The van der Waals surface area contributed by atoms with Gasteiger partial charge < -0.3 is 5.32 Å². The summed E-state index contributed by atoms with van der Waals surface area (Å²) in [4.78, 5) is 16.7. The quantitative estimate of drug-likeness (QED) is 0.808. The van der Waals surface area contributed by atoms with Crippen LogP contribution in [0, 0.1) is 20.8 Å². The number of thiazole rings is 1. The molecular weight excluding hydrogens is 296 g/mol. The number of hydrogen-bond acceptors (Lipinski definition) is 4. The zero-order chi connectivity index (χ0) is 15.9. The number of carbonyl (C=O) groups is 1. The fourth-order valence-corrected chi connectivity index (χ4v) is 3.46. The fraction of sp³-hybridized carbons (Fsp3) is 0.312. The summed E-state index contributed by atoms with van der Waals surface area (Å²) in [5.74, 6) is -0.0602. The van der Waals surface area contributed by atoms with E-state index in [1.807, 2.05) is 40.0 Å². The molecule has 0 fully saturated rings. The monoisotopic (exact) mass is 314 g/mol. The number of amides is 1. The van der Waals surface area contributed by atoms with Gasteiger partial charge in [0, 0.05) is 18.3 Å². The molecule has 114 valence electrons. The van der Waals surface area contributed by atoms with Gasteiger partial charge in [0.15, 0.2) is 5.13 Å². The van der Waals surface area contributed by atoms with Gasteiger partial charge in [0.05, 0.1) is 22.3 Å². The molecule has 1 N–H and O–H groups in total. The molecule has 3 rings (SSSR count). The van der Waals surface area contributed by atoms with Crippen LogP contribution in [-0.2, 0) is 18.3 Å². The maximum absolute atomic E-state index is 12.3. The largest absolute Gasteiger partial charge is 0.302 e. The number of nitrogens with one attached hydrogen (secondary N) is 1. The van der Waals surface area contributed by atoms with Crippen molar-refractivity contribution in [2.24, 2.45) is 7.05 Å². The summed E-state index contributed by atoms with van der Waals surface area (Å²) in [6, 6.07) is 6.08. The van der Waals surface area contributed by atoms with Gasteiger partial charge in [0.25, 0.3) is 0 Å². The van der Waals surface area contributed by atoms with Gasteiger partial charge in [-0.1, -0.05) is 17.4 Å². The van der Waals surface area contributed by atoms with Crippen LogP contribution in [0.2, 0.25) is 0 Å². The highest BCUT2D eigenvalue weighted by Crippen LogP contribution is 2.26. The Morgan fingerprint density at radius 1 is 1.32 bits per heavy atom. The summed E-state index contributed by atoms with van der Waals surface area (Å²) in [5.41, 5.74) is 5.01. The normalized spacial score (nSPS) is 11.1. The highest BCUT2D eigenvalue weighted by molar-refractivity contribution is 7.22. The van der Waals surface area contributed by atoms with Crippen molar-refractivity contribution in [2.75, 3.05) is 5.32 Å². The first-order valence-corrected chi connectivity index (χ1v) is 7.92. The first kappa shape index (κ1) is 14.7. The third-order valence-corrected chi connectivity index (χ3v) is 4.72. The van der Waals surface area contributed by atoms with Crippen molar-refractivity contribution in [1.29, 1.82) is 0 Å². The molecule has 0 radical (unpaired) electrons. The minimum absolute atomic E-state index is 0.0602. The van der Waals surface area contributed by atoms with Crippen LogP contribution in [-0.4, -0.2) is 20.7 Å². The van der Waals surface area contributed by atoms with Crippen LogP contribution in [0.5, 0.6) is 0 Å². The molecule has 0 aliphatic carbocycles. The number of carbonyl (C=O) groups excluding carboxylic acids is 1. The van der Waals surface area contributed by atoms with Crippen molar-refractivity contribution in [2.45, 2.75) is 27.2 Å². The minimum Gasteiger partial charge on any atom is -0.302 e. The molecule has 0 atom stereocenters. The van der Waals surface area contributed by atoms with Gasteiger partial charge >= 0.3 is 0 Å². The van der Waals surface area contributed by atoms with Gasteiger partial charge in [-0.15, -0.1) is 0 Å². The Balaban J connectivity index is 1.78. The molecule has 3 aromatic rings. The minimum atomic E-state index is -0.0602. The number of aryl methyl sites for hydroxylation is 3. The maximum atomic E-state index is 12.3. The van der Waals surface area contributed by atoms with E-state index in [9.17, 15) is 4.79 Å². The van der Waals surface area contributed by atoms with E-state index in [1.165, 1.54) is 16.9 Å². The summed E-state index contributed by atoms with van der Waals surface area (Å²) in [6.07, 6.45) is 0.320. The molecule has 0 saturated heterocycles. The third kappa shape index (κ3) is 2.74. The average Bonchev–Trinajstić information content (AvgIpc) is 2.94. The Labute approximate surface area is 133 Å². The van der Waals surface area contributed by atoms with E-state index in [-0.39, 0.29) is 5.91 Å². The molecule has 2 heterocycles. The average molecular weight is 314 g/mol. The van der Waals surface area contributed by atoms with Gasteiger partial charge in [-0.05, 0) is 38.5 Å². The molecule has 5 nitrogen and oxygen atoms in total. The zero-order valence-electron chi connectivity index (χ0n) is 13.1. The lowest BCUT2D eigenvalue weighted by Gasteiger charge is -2.02. The molecule has 0 spiro atoms. The second kappa shape index (κ2) is 5.53. The smallest absolute Gasteiger partial charge is 0.230 e. The number of benzene rings is 1. The van der Waals surface area contributed by atoms with Crippen molar-refractivity contribution < 1.29 is 4.79 Å². The molecule has 0 aliphatic heterocycles. The first-order chi connectivity index (χ1) is 10.4. The number of hydrogen-bond donors (Lipinski definition) is 1. The molecule has 2 aromatic heterocycles. The summed E-state index contributed by atoms with van der Waals surface area (Å²) in [7, 11) is 1.89. The second-order valence-electron chi connectivity index (χ2n) is 5.49. The standard InChI is InChI=1S/C16H18N4OS/c1-9-5-6-13-14(7-9)22-16(17-13)18-15(21)8-12-10(2)19-20(4)11(12)3/h5-7H,8H2,1-4H3,(H,17,18,21). The van der Waals surface area contributed by atoms with E-state index in [4.69, 9.17) is 0 Å². The Morgan fingerprint density at radius 2 is 2.09 bits per heavy atom. The van der Waals surface area contributed by atoms with Crippen molar-refractivity contribution in [3.8, 4) is 0 Å². The van der Waals surface area contributed by atoms with E-state index in [0.29, 0.717) is 11.6 Å². The second-order valence-corrected chi connectivity index (χ2v) is 6.52. The summed E-state index contributed by atoms with van der Waals surface area (Å²) >= 11 is 1.50. The van der Waals surface area contributed by atoms with Crippen LogP contribution < -0.4 is 5.32 Å². The van der Waals surface area contributed by atoms with Crippen LogP contribution >= 0.6 is 11.3 Å². The Hall–Kier alpha value is -2.21.